The molecule has 304 valence electrons. The minimum Gasteiger partial charge on any atom is -0.427 e. The topological polar surface area (TPSA) is 105 Å². The highest BCUT2D eigenvalue weighted by atomic mass is 16.5. The maximum absolute atomic E-state index is 12.7. The molecule has 0 aromatic heterocycles. The van der Waals surface area contributed by atoms with E-state index in [9.17, 15) is 19.2 Å². The van der Waals surface area contributed by atoms with Gasteiger partial charge in [-0.1, -0.05) is 109 Å². The highest BCUT2D eigenvalue weighted by Gasteiger charge is 2.16. The van der Waals surface area contributed by atoms with E-state index >= 15 is 0 Å². The zero-order chi connectivity index (χ0) is 40.7. The van der Waals surface area contributed by atoms with E-state index in [2.05, 4.69) is 13.8 Å². The van der Waals surface area contributed by atoms with E-state index in [4.69, 9.17) is 18.9 Å². The minimum absolute atomic E-state index is 0.112. The molecule has 0 aliphatic rings. The molecule has 0 radical (unpaired) electrons. The van der Waals surface area contributed by atoms with Gasteiger partial charge in [-0.25, -0.2) is 9.59 Å². The van der Waals surface area contributed by atoms with Gasteiger partial charge in [0.1, 0.15) is 23.0 Å². The first-order valence-electron chi connectivity index (χ1n) is 21.0. The Bertz CT molecular complexity index is 1790. The van der Waals surface area contributed by atoms with Crippen molar-refractivity contribution in [3.05, 3.63) is 119 Å². The fourth-order valence-electron chi connectivity index (χ4n) is 6.42. The summed E-state index contributed by atoms with van der Waals surface area (Å²) in [5.41, 5.74) is 3.37. The molecule has 0 N–H and O–H groups in total. The van der Waals surface area contributed by atoms with Crippen LogP contribution in [0, 0.1) is 5.92 Å². The van der Waals surface area contributed by atoms with Gasteiger partial charge in [-0.2, -0.15) is 0 Å². The third kappa shape index (κ3) is 17.2. The Labute approximate surface area is 339 Å². The van der Waals surface area contributed by atoms with E-state index in [0.29, 0.717) is 40.5 Å². The zero-order valence-electron chi connectivity index (χ0n) is 34.1. The lowest BCUT2D eigenvalue weighted by atomic mass is 10.0. The molecule has 57 heavy (non-hydrogen) atoms. The maximum Gasteiger partial charge on any atom is 0.343 e. The Morgan fingerprint density at radius 1 is 0.439 bits per heavy atom. The lowest BCUT2D eigenvalue weighted by Crippen LogP contribution is -2.15. The third-order valence-corrected chi connectivity index (χ3v) is 9.91. The molecule has 8 heteroatoms. The van der Waals surface area contributed by atoms with Crippen LogP contribution in [0.1, 0.15) is 149 Å². The van der Waals surface area contributed by atoms with Gasteiger partial charge in [-0.15, -0.1) is 0 Å². The predicted octanol–water partition coefficient (Wildman–Crippen LogP) is 12.2. The second-order valence-electron chi connectivity index (χ2n) is 14.9. The Morgan fingerprint density at radius 3 is 1.19 bits per heavy atom. The number of carbonyl (C=O) groups is 4. The Morgan fingerprint density at radius 2 is 0.789 bits per heavy atom. The van der Waals surface area contributed by atoms with Crippen molar-refractivity contribution in [2.24, 2.45) is 5.92 Å². The van der Waals surface area contributed by atoms with E-state index in [0.717, 1.165) is 25.7 Å². The van der Waals surface area contributed by atoms with Crippen LogP contribution in [0.3, 0.4) is 0 Å². The molecule has 4 aromatic rings. The van der Waals surface area contributed by atoms with Gasteiger partial charge in [-0.05, 0) is 122 Å². The maximum atomic E-state index is 12.7. The molecule has 8 nitrogen and oxygen atoms in total. The normalized spacial score (nSPS) is 11.4. The molecule has 0 saturated carbocycles. The number of hydrogen-bond donors (Lipinski definition) is 0. The summed E-state index contributed by atoms with van der Waals surface area (Å²) in [6.45, 7) is 6.31. The van der Waals surface area contributed by atoms with Gasteiger partial charge in [-0.3, -0.25) is 9.59 Å². The molecule has 0 aliphatic heterocycles. The second-order valence-corrected chi connectivity index (χ2v) is 14.9. The quantitative estimate of drug-likeness (QED) is 0.0372. The van der Waals surface area contributed by atoms with E-state index in [1.807, 2.05) is 31.2 Å². The van der Waals surface area contributed by atoms with Crippen LogP contribution in [0.5, 0.6) is 23.0 Å². The van der Waals surface area contributed by atoms with Gasteiger partial charge in [0.2, 0.25) is 0 Å². The van der Waals surface area contributed by atoms with Crippen molar-refractivity contribution in [2.75, 3.05) is 0 Å². The third-order valence-electron chi connectivity index (χ3n) is 9.91. The number of carbonyl (C=O) groups excluding carboxylic acids is 4. The monoisotopic (exact) mass is 776 g/mol. The number of rotatable bonds is 25. The molecule has 0 saturated heterocycles. The van der Waals surface area contributed by atoms with Crippen LogP contribution in [0.2, 0.25) is 0 Å². The van der Waals surface area contributed by atoms with E-state index in [-0.39, 0.29) is 18.8 Å². The largest absolute Gasteiger partial charge is 0.427 e. The number of unbranched alkanes of at least 4 members (excludes halogenated alkanes) is 10. The van der Waals surface area contributed by atoms with Crippen molar-refractivity contribution < 1.29 is 38.1 Å². The van der Waals surface area contributed by atoms with Crippen LogP contribution in [0.15, 0.2) is 97.1 Å². The molecule has 0 unspecified atom stereocenters. The smallest absolute Gasteiger partial charge is 0.343 e. The van der Waals surface area contributed by atoms with Crippen molar-refractivity contribution in [3.63, 3.8) is 0 Å². The molecular formula is C49H60O8. The minimum atomic E-state index is -0.452. The highest BCUT2D eigenvalue weighted by molar-refractivity contribution is 5.91. The van der Waals surface area contributed by atoms with Crippen LogP contribution in [-0.4, -0.2) is 23.9 Å². The first-order chi connectivity index (χ1) is 27.7. The number of esters is 4. The van der Waals surface area contributed by atoms with Crippen LogP contribution >= 0.6 is 0 Å². The molecule has 0 spiro atoms. The average Bonchev–Trinajstić information content (AvgIpc) is 3.21. The van der Waals surface area contributed by atoms with Crippen molar-refractivity contribution in [3.8, 4) is 23.0 Å². The summed E-state index contributed by atoms with van der Waals surface area (Å²) >= 11 is 0. The Hall–Kier alpha value is -5.24. The van der Waals surface area contributed by atoms with E-state index < -0.39 is 23.9 Å². The summed E-state index contributed by atoms with van der Waals surface area (Å²) in [5.74, 6) is -0.553. The standard InChI is InChI=1S/C49H60O8/c1-4-6-8-10-12-14-16-38-19-23-40(24-20-38)48(52)56-44-31-27-42(28-32-44)54-46(50)35-18-37(3)36-47(51)55-43-29-33-45(34-30-43)57-49(53)41-25-21-39(22-26-41)17-15-13-11-9-7-5-2/h19-34,37H,4-18,35-36H2,1-3H3/t37-/m1/s1. The first-order valence-corrected chi connectivity index (χ1v) is 21.0. The fourth-order valence-corrected chi connectivity index (χ4v) is 6.42. The van der Waals surface area contributed by atoms with Crippen molar-refractivity contribution >= 4 is 23.9 Å². The van der Waals surface area contributed by atoms with Gasteiger partial charge in [0.25, 0.3) is 0 Å². The molecule has 0 aliphatic carbocycles. The molecule has 4 aromatic carbocycles. The van der Waals surface area contributed by atoms with Gasteiger partial charge in [0.05, 0.1) is 11.1 Å². The molecule has 0 bridgehead atoms. The number of aryl methyl sites for hydroxylation is 2. The second kappa shape index (κ2) is 25.1. The molecule has 0 heterocycles. The SMILES string of the molecule is CCCCCCCCc1ccc(C(=O)Oc2ccc(OC(=O)CC[C@@H](C)CC(=O)Oc3ccc(OC(=O)c4ccc(CCCCCCCC)cc4)cc3)cc2)cc1. The van der Waals surface area contributed by atoms with Gasteiger partial charge in [0, 0.05) is 12.8 Å². The lowest BCUT2D eigenvalue weighted by Gasteiger charge is -2.11. The van der Waals surface area contributed by atoms with Crippen molar-refractivity contribution in [2.45, 2.75) is 130 Å². The number of benzene rings is 4. The summed E-state index contributed by atoms with van der Waals surface area (Å²) in [6, 6.07) is 27.7. The molecule has 4 rings (SSSR count). The fraction of sp³-hybridized carbons (Fsp3) is 0.429. The molecular weight excluding hydrogens is 717 g/mol. The van der Waals surface area contributed by atoms with Crippen LogP contribution in [-0.2, 0) is 22.4 Å². The average molecular weight is 777 g/mol. The van der Waals surface area contributed by atoms with Gasteiger partial charge >= 0.3 is 23.9 Å². The molecule has 0 fully saturated rings. The summed E-state index contributed by atoms with van der Waals surface area (Å²) in [5, 5.41) is 0. The van der Waals surface area contributed by atoms with E-state index in [1.54, 1.807) is 72.8 Å². The summed E-state index contributed by atoms with van der Waals surface area (Å²) < 4.78 is 21.9. The summed E-state index contributed by atoms with van der Waals surface area (Å²) in [4.78, 5) is 50.4. The Kier molecular flexibility index (Phi) is 19.6. The van der Waals surface area contributed by atoms with E-state index in [1.165, 1.54) is 75.3 Å². The van der Waals surface area contributed by atoms with Crippen molar-refractivity contribution in [1.29, 1.82) is 0 Å². The van der Waals surface area contributed by atoms with Gasteiger partial charge in [0.15, 0.2) is 0 Å². The molecule has 0 amide bonds. The highest BCUT2D eigenvalue weighted by Crippen LogP contribution is 2.23. The predicted molar refractivity (Wildman–Crippen MR) is 224 cm³/mol. The van der Waals surface area contributed by atoms with Crippen molar-refractivity contribution in [1.82, 2.24) is 0 Å². The van der Waals surface area contributed by atoms with Crippen LogP contribution < -0.4 is 18.9 Å². The van der Waals surface area contributed by atoms with Crippen LogP contribution in [0.25, 0.3) is 0 Å². The number of ether oxygens (including phenoxy) is 4. The Balaban J connectivity index is 1.10. The summed E-state index contributed by atoms with van der Waals surface area (Å²) in [6.07, 6.45) is 17.6. The first kappa shape index (κ1) is 44.5. The molecule has 1 atom stereocenters. The van der Waals surface area contributed by atoms with Gasteiger partial charge < -0.3 is 18.9 Å². The summed E-state index contributed by atoms with van der Waals surface area (Å²) in [7, 11) is 0. The lowest BCUT2D eigenvalue weighted by molar-refractivity contribution is -0.137. The number of hydrogen-bond acceptors (Lipinski definition) is 8. The van der Waals surface area contributed by atoms with Crippen LogP contribution in [0.4, 0.5) is 0 Å². The zero-order valence-corrected chi connectivity index (χ0v) is 34.1.